The number of rotatable bonds is 5. The Morgan fingerprint density at radius 2 is 1.92 bits per heavy atom. The molecule has 0 spiro atoms. The van der Waals surface area contributed by atoms with E-state index in [1.54, 1.807) is 18.2 Å². The molecule has 1 amide bonds. The smallest absolute Gasteiger partial charge is 0.327 e. The minimum atomic E-state index is -1.07. The zero-order valence-corrected chi connectivity index (χ0v) is 16.6. The second kappa shape index (κ2) is 8.35. The molecule has 6 nitrogen and oxygen atoms in total. The maximum absolute atomic E-state index is 12.7. The number of phenolic OH excluding ortho intramolecular Hbond substituents is 1. The van der Waals surface area contributed by atoms with E-state index in [1.165, 1.54) is 22.7 Å². The first kappa shape index (κ1) is 20.6. The van der Waals surface area contributed by atoms with E-state index in [9.17, 15) is 24.6 Å². The molecule has 0 aliphatic carbocycles. The van der Waals surface area contributed by atoms with Crippen molar-refractivity contribution in [2.45, 2.75) is 38.6 Å². The topological polar surface area (TPSA) is 94.9 Å². The van der Waals surface area contributed by atoms with Crippen molar-refractivity contribution >= 4 is 40.5 Å². The lowest BCUT2D eigenvalue weighted by Gasteiger charge is -2.28. The molecule has 0 radical (unpaired) electrons. The Hall–Kier alpha value is -1.67. The number of benzene rings is 1. The van der Waals surface area contributed by atoms with Gasteiger partial charge in [-0.3, -0.25) is 9.59 Å². The number of para-hydroxylation sites is 1. The number of carbonyl (C=O) groups is 3. The Kier molecular flexibility index (Phi) is 6.63. The Balaban J connectivity index is 2.13. The molecule has 0 aromatic heterocycles. The highest BCUT2D eigenvalue weighted by Crippen LogP contribution is 2.44. The number of carboxylic acids is 1. The van der Waals surface area contributed by atoms with Gasteiger partial charge in [-0.15, -0.1) is 11.8 Å². The van der Waals surface area contributed by atoms with Crippen LogP contribution in [-0.2, 0) is 14.4 Å². The van der Waals surface area contributed by atoms with Gasteiger partial charge in [0.2, 0.25) is 5.91 Å². The number of carbonyl (C=O) groups excluding carboxylic acids is 2. The van der Waals surface area contributed by atoms with Gasteiger partial charge in [0.05, 0.1) is 0 Å². The first-order chi connectivity index (χ1) is 12.1. The normalized spacial score (nSPS) is 20.2. The molecule has 1 aromatic carbocycles. The second-order valence-corrected chi connectivity index (χ2v) is 9.22. The Bertz CT molecular complexity index is 701. The molecule has 2 atom stereocenters. The van der Waals surface area contributed by atoms with Crippen LogP contribution in [0.15, 0.2) is 24.3 Å². The summed E-state index contributed by atoms with van der Waals surface area (Å²) in [5.41, 5.74) is 0.0344. The van der Waals surface area contributed by atoms with Gasteiger partial charge in [-0.25, -0.2) is 4.79 Å². The fourth-order valence-electron chi connectivity index (χ4n) is 2.51. The number of thioether (sulfide) groups is 2. The van der Waals surface area contributed by atoms with Gasteiger partial charge in [-0.05, 0) is 6.07 Å². The average molecular weight is 398 g/mol. The van der Waals surface area contributed by atoms with Crippen LogP contribution in [0.1, 0.15) is 38.1 Å². The molecule has 1 saturated heterocycles. The summed E-state index contributed by atoms with van der Waals surface area (Å²) in [6.07, 6.45) is 0.0704. The first-order valence-corrected chi connectivity index (χ1v) is 10.3. The summed E-state index contributed by atoms with van der Waals surface area (Å²) >= 11 is 2.41. The lowest BCUT2D eigenvalue weighted by atomic mass is 10.00. The molecule has 1 unspecified atom stereocenters. The molecule has 1 aliphatic rings. The number of aromatic hydroxyl groups is 1. The number of amides is 1. The van der Waals surface area contributed by atoms with Crippen molar-refractivity contribution in [1.82, 2.24) is 4.90 Å². The third-order valence-electron chi connectivity index (χ3n) is 3.94. The van der Waals surface area contributed by atoms with Crippen LogP contribution in [0, 0.1) is 5.41 Å². The van der Waals surface area contributed by atoms with Gasteiger partial charge in [-0.2, -0.15) is 0 Å². The quantitative estimate of drug-likeness (QED) is 0.788. The fraction of sp³-hybridized carbons (Fsp3) is 0.500. The van der Waals surface area contributed by atoms with E-state index >= 15 is 0 Å². The maximum Gasteiger partial charge on any atom is 0.327 e. The van der Waals surface area contributed by atoms with Crippen molar-refractivity contribution < 1.29 is 24.6 Å². The van der Waals surface area contributed by atoms with Gasteiger partial charge in [0.25, 0.3) is 0 Å². The monoisotopic (exact) mass is 397 g/mol. The lowest BCUT2D eigenvalue weighted by Crippen LogP contribution is -2.43. The number of aliphatic carboxylic acids is 1. The SMILES string of the molecule is CC(C)(C)C(=O)SCCC(=O)N1C(c2ccccc2O)SC[C@H]1C(=O)O. The number of hydrogen-bond acceptors (Lipinski definition) is 6. The van der Waals surface area contributed by atoms with Gasteiger partial charge >= 0.3 is 5.97 Å². The minimum absolute atomic E-state index is 0.00636. The number of phenols is 1. The minimum Gasteiger partial charge on any atom is -0.508 e. The van der Waals surface area contributed by atoms with Crippen LogP contribution in [0.5, 0.6) is 5.75 Å². The third-order valence-corrected chi connectivity index (χ3v) is 6.53. The average Bonchev–Trinajstić information content (AvgIpc) is 2.99. The molecule has 26 heavy (non-hydrogen) atoms. The van der Waals surface area contributed by atoms with Crippen molar-refractivity contribution in [2.24, 2.45) is 5.41 Å². The zero-order valence-electron chi connectivity index (χ0n) is 15.0. The Morgan fingerprint density at radius 1 is 1.27 bits per heavy atom. The second-order valence-electron chi connectivity index (χ2n) is 7.04. The van der Waals surface area contributed by atoms with Crippen molar-refractivity contribution in [2.75, 3.05) is 11.5 Å². The van der Waals surface area contributed by atoms with Crippen molar-refractivity contribution in [1.29, 1.82) is 0 Å². The van der Waals surface area contributed by atoms with Crippen LogP contribution >= 0.6 is 23.5 Å². The predicted molar refractivity (Wildman–Crippen MR) is 103 cm³/mol. The molecule has 0 saturated carbocycles. The largest absolute Gasteiger partial charge is 0.508 e. The molecule has 8 heteroatoms. The van der Waals surface area contributed by atoms with Gasteiger partial charge in [0.1, 0.15) is 17.2 Å². The molecule has 1 heterocycles. The van der Waals surface area contributed by atoms with Crippen LogP contribution in [-0.4, -0.2) is 49.7 Å². The number of hydrogen-bond donors (Lipinski definition) is 2. The summed E-state index contributed by atoms with van der Waals surface area (Å²) in [5, 5.41) is 19.0. The van der Waals surface area contributed by atoms with Crippen LogP contribution in [0.2, 0.25) is 0 Å². The lowest BCUT2D eigenvalue weighted by molar-refractivity contribution is -0.149. The molecular weight excluding hydrogens is 374 g/mol. The van der Waals surface area contributed by atoms with E-state index in [2.05, 4.69) is 0 Å². The molecule has 1 aliphatic heterocycles. The van der Waals surface area contributed by atoms with E-state index in [0.717, 1.165) is 11.8 Å². The van der Waals surface area contributed by atoms with Gasteiger partial charge in [-0.1, -0.05) is 50.7 Å². The molecule has 1 aromatic rings. The number of nitrogens with zero attached hydrogens (tertiary/aromatic N) is 1. The molecular formula is C18H23NO5S2. The summed E-state index contributed by atoms with van der Waals surface area (Å²) in [5.74, 6) is -0.803. The predicted octanol–water partition coefficient (Wildman–Crippen LogP) is 3.12. The van der Waals surface area contributed by atoms with Gasteiger partial charge < -0.3 is 15.1 Å². The van der Waals surface area contributed by atoms with Crippen LogP contribution in [0.4, 0.5) is 0 Å². The maximum atomic E-state index is 12.7. The van der Waals surface area contributed by atoms with Crippen LogP contribution in [0.25, 0.3) is 0 Å². The van der Waals surface area contributed by atoms with E-state index in [-0.39, 0.29) is 28.9 Å². The summed E-state index contributed by atoms with van der Waals surface area (Å²) in [7, 11) is 0. The summed E-state index contributed by atoms with van der Waals surface area (Å²) in [4.78, 5) is 37.6. The van der Waals surface area contributed by atoms with Gasteiger partial charge in [0.15, 0.2) is 5.12 Å². The standard InChI is InChI=1S/C18H23NO5S2/c1-18(2,3)17(24)25-9-8-14(21)19-12(16(22)23)10-26-15(19)11-6-4-5-7-13(11)20/h4-7,12,15,20H,8-10H2,1-3H3,(H,22,23)/t12-,15?/m0/s1. The van der Waals surface area contributed by atoms with Crippen molar-refractivity contribution in [3.63, 3.8) is 0 Å². The van der Waals surface area contributed by atoms with E-state index in [1.807, 2.05) is 20.8 Å². The molecule has 142 valence electrons. The van der Waals surface area contributed by atoms with Crippen molar-refractivity contribution in [3.05, 3.63) is 29.8 Å². The molecule has 1 fully saturated rings. The molecule has 2 N–H and O–H groups in total. The fourth-order valence-corrected chi connectivity index (χ4v) is 4.88. The third kappa shape index (κ3) is 4.73. The van der Waals surface area contributed by atoms with Crippen molar-refractivity contribution in [3.8, 4) is 5.75 Å². The summed E-state index contributed by atoms with van der Waals surface area (Å²) in [6.45, 7) is 5.45. The highest BCUT2D eigenvalue weighted by Gasteiger charge is 2.42. The van der Waals surface area contributed by atoms with Gasteiger partial charge in [0, 0.05) is 28.9 Å². The van der Waals surface area contributed by atoms with Crippen LogP contribution < -0.4 is 0 Å². The summed E-state index contributed by atoms with van der Waals surface area (Å²) < 4.78 is 0. The summed E-state index contributed by atoms with van der Waals surface area (Å²) in [6, 6.07) is 5.68. The Morgan fingerprint density at radius 3 is 2.50 bits per heavy atom. The molecule has 0 bridgehead atoms. The highest BCUT2D eigenvalue weighted by atomic mass is 32.2. The van der Waals surface area contributed by atoms with E-state index in [0.29, 0.717) is 11.3 Å². The zero-order chi connectivity index (χ0) is 19.5. The highest BCUT2D eigenvalue weighted by molar-refractivity contribution is 8.13. The molecule has 2 rings (SSSR count). The Labute approximate surface area is 161 Å². The van der Waals surface area contributed by atoms with E-state index in [4.69, 9.17) is 0 Å². The van der Waals surface area contributed by atoms with E-state index < -0.39 is 22.8 Å². The number of carboxylic acid groups (broad SMARTS) is 1. The van der Waals surface area contributed by atoms with Crippen LogP contribution in [0.3, 0.4) is 0 Å². The first-order valence-electron chi connectivity index (χ1n) is 8.23.